The van der Waals surface area contributed by atoms with Crippen LogP contribution in [-0.2, 0) is 16.0 Å². The highest BCUT2D eigenvalue weighted by molar-refractivity contribution is 5.82. The number of hydrogen-bond donors (Lipinski definition) is 2. The van der Waals surface area contributed by atoms with Gasteiger partial charge in [-0.15, -0.1) is 0 Å². The van der Waals surface area contributed by atoms with Gasteiger partial charge in [-0.1, -0.05) is 48.9 Å². The van der Waals surface area contributed by atoms with Gasteiger partial charge in [-0.05, 0) is 56.4 Å². The second kappa shape index (κ2) is 10.5. The summed E-state index contributed by atoms with van der Waals surface area (Å²) in [5, 5.41) is 2.84. The standard InChI is InChI=1S/C24H32F3N3O2/c1-16(28)22(31)29-20(12-10-17-6-3-2-4-7-17)8-5-13-30(23(32)24(25,26)27)21-15-18-9-11-19(21)14-18/h2-8,16,18-21H,9-15,28H2,1H3,(H,29,31)/b8-5+/t16-,18+,19+,20+,21?/m0/s1. The van der Waals surface area contributed by atoms with Crippen LogP contribution in [0.3, 0.4) is 0 Å². The summed E-state index contributed by atoms with van der Waals surface area (Å²) in [4.78, 5) is 25.3. The fraction of sp³-hybridized carbons (Fsp3) is 0.583. The quantitative estimate of drug-likeness (QED) is 0.564. The highest BCUT2D eigenvalue weighted by atomic mass is 19.4. The Labute approximate surface area is 187 Å². The lowest BCUT2D eigenvalue weighted by Gasteiger charge is -2.34. The predicted molar refractivity (Wildman–Crippen MR) is 116 cm³/mol. The van der Waals surface area contributed by atoms with Gasteiger partial charge in [0.1, 0.15) is 0 Å². The lowest BCUT2D eigenvalue weighted by Crippen LogP contribution is -2.49. The van der Waals surface area contributed by atoms with Crippen LogP contribution in [0.4, 0.5) is 13.2 Å². The van der Waals surface area contributed by atoms with Crippen LogP contribution < -0.4 is 11.1 Å². The number of nitrogens with two attached hydrogens (primary N) is 1. The number of carbonyl (C=O) groups is 2. The van der Waals surface area contributed by atoms with Crippen molar-refractivity contribution >= 4 is 11.8 Å². The monoisotopic (exact) mass is 451 g/mol. The molecular weight excluding hydrogens is 419 g/mol. The van der Waals surface area contributed by atoms with Crippen LogP contribution in [0.1, 0.15) is 44.6 Å². The molecule has 0 heterocycles. The number of carbonyl (C=O) groups excluding carboxylic acids is 2. The molecule has 0 spiro atoms. The van der Waals surface area contributed by atoms with Crippen molar-refractivity contribution in [3.8, 4) is 0 Å². The molecule has 0 aliphatic heterocycles. The van der Waals surface area contributed by atoms with E-state index in [4.69, 9.17) is 5.73 Å². The maximum Gasteiger partial charge on any atom is 0.471 e. The molecule has 5 atom stereocenters. The van der Waals surface area contributed by atoms with Gasteiger partial charge in [0.25, 0.3) is 0 Å². The topological polar surface area (TPSA) is 75.4 Å². The van der Waals surface area contributed by atoms with Crippen LogP contribution in [0, 0.1) is 11.8 Å². The van der Waals surface area contributed by atoms with Crippen LogP contribution in [0.5, 0.6) is 0 Å². The average Bonchev–Trinajstić information content (AvgIpc) is 3.38. The van der Waals surface area contributed by atoms with Crippen molar-refractivity contribution in [3.63, 3.8) is 0 Å². The molecule has 1 aromatic carbocycles. The minimum Gasteiger partial charge on any atom is -0.349 e. The lowest BCUT2D eigenvalue weighted by atomic mass is 9.93. The first-order chi connectivity index (χ1) is 15.1. The first-order valence-corrected chi connectivity index (χ1v) is 11.3. The SMILES string of the molecule is C[C@H](N)C(=O)N[C@H](/C=C/CN(C(=O)C(F)(F)F)C1C[C@@H]2CC[C@@H]1C2)CCc1ccccc1. The van der Waals surface area contributed by atoms with Crippen molar-refractivity contribution in [2.24, 2.45) is 17.6 Å². The lowest BCUT2D eigenvalue weighted by molar-refractivity contribution is -0.188. The number of rotatable bonds is 9. The second-order valence-corrected chi connectivity index (χ2v) is 9.05. The zero-order valence-electron chi connectivity index (χ0n) is 18.4. The molecule has 8 heteroatoms. The van der Waals surface area contributed by atoms with E-state index in [0.717, 1.165) is 29.7 Å². The van der Waals surface area contributed by atoms with Gasteiger partial charge in [0.15, 0.2) is 0 Å². The summed E-state index contributed by atoms with van der Waals surface area (Å²) in [7, 11) is 0. The average molecular weight is 452 g/mol. The minimum absolute atomic E-state index is 0.123. The molecule has 2 amide bonds. The van der Waals surface area contributed by atoms with E-state index >= 15 is 0 Å². The molecular formula is C24H32F3N3O2. The van der Waals surface area contributed by atoms with Crippen molar-refractivity contribution in [1.82, 2.24) is 10.2 Å². The van der Waals surface area contributed by atoms with Crippen molar-refractivity contribution in [3.05, 3.63) is 48.0 Å². The van der Waals surface area contributed by atoms with Crippen molar-refractivity contribution in [2.45, 2.75) is 69.8 Å². The number of nitrogens with zero attached hydrogens (tertiary/aromatic N) is 1. The third-order valence-electron chi connectivity index (χ3n) is 6.60. The van der Waals surface area contributed by atoms with Gasteiger partial charge in [-0.25, -0.2) is 0 Å². The Bertz CT molecular complexity index is 810. The Kier molecular flexibility index (Phi) is 7.98. The van der Waals surface area contributed by atoms with E-state index in [2.05, 4.69) is 5.32 Å². The molecule has 0 radical (unpaired) electrons. The second-order valence-electron chi connectivity index (χ2n) is 9.05. The first-order valence-electron chi connectivity index (χ1n) is 11.3. The van der Waals surface area contributed by atoms with Crippen LogP contribution in [0.15, 0.2) is 42.5 Å². The van der Waals surface area contributed by atoms with Crippen molar-refractivity contribution in [1.29, 1.82) is 0 Å². The fourth-order valence-electron chi connectivity index (χ4n) is 4.96. The summed E-state index contributed by atoms with van der Waals surface area (Å²) in [6, 6.07) is 8.28. The summed E-state index contributed by atoms with van der Waals surface area (Å²) in [6.45, 7) is 1.45. The Morgan fingerprint density at radius 1 is 1.22 bits per heavy atom. The van der Waals surface area contributed by atoms with E-state index in [1.165, 1.54) is 0 Å². The van der Waals surface area contributed by atoms with E-state index in [-0.39, 0.29) is 24.4 Å². The van der Waals surface area contributed by atoms with Crippen LogP contribution >= 0.6 is 0 Å². The number of benzene rings is 1. The third-order valence-corrected chi connectivity index (χ3v) is 6.60. The summed E-state index contributed by atoms with van der Waals surface area (Å²) in [5.41, 5.74) is 6.75. The zero-order valence-corrected chi connectivity index (χ0v) is 18.4. The fourth-order valence-corrected chi connectivity index (χ4v) is 4.96. The summed E-state index contributed by atoms with van der Waals surface area (Å²) < 4.78 is 39.8. The molecule has 5 nitrogen and oxygen atoms in total. The predicted octanol–water partition coefficient (Wildman–Crippen LogP) is 3.59. The molecule has 0 aromatic heterocycles. The zero-order chi connectivity index (χ0) is 23.3. The molecule has 176 valence electrons. The molecule has 3 rings (SSSR count). The number of fused-ring (bicyclic) bond motifs is 2. The number of aryl methyl sites for hydroxylation is 1. The Morgan fingerprint density at radius 3 is 2.50 bits per heavy atom. The van der Waals surface area contributed by atoms with Crippen LogP contribution in [0.2, 0.25) is 0 Å². The number of halogens is 3. The smallest absolute Gasteiger partial charge is 0.349 e. The highest BCUT2D eigenvalue weighted by Crippen LogP contribution is 2.47. The Hall–Kier alpha value is -2.35. The molecule has 0 saturated heterocycles. The van der Waals surface area contributed by atoms with E-state index in [9.17, 15) is 22.8 Å². The van der Waals surface area contributed by atoms with Crippen LogP contribution in [-0.4, -0.2) is 47.6 Å². The third kappa shape index (κ3) is 6.34. The van der Waals surface area contributed by atoms with E-state index in [1.54, 1.807) is 19.1 Å². The van der Waals surface area contributed by atoms with E-state index < -0.39 is 24.2 Å². The van der Waals surface area contributed by atoms with E-state index in [1.807, 2.05) is 30.3 Å². The van der Waals surface area contributed by atoms with E-state index in [0.29, 0.717) is 25.2 Å². The van der Waals surface area contributed by atoms with Gasteiger partial charge in [0.2, 0.25) is 5.91 Å². The first kappa shape index (κ1) is 24.3. The maximum absolute atomic E-state index is 13.3. The molecule has 2 aliphatic carbocycles. The summed E-state index contributed by atoms with van der Waals surface area (Å²) in [5.74, 6) is -1.54. The number of hydrogen-bond acceptors (Lipinski definition) is 3. The molecule has 1 unspecified atom stereocenters. The maximum atomic E-state index is 13.3. The summed E-state index contributed by atoms with van der Waals surface area (Å²) >= 11 is 0. The highest BCUT2D eigenvalue weighted by Gasteiger charge is 2.49. The molecule has 32 heavy (non-hydrogen) atoms. The molecule has 3 N–H and O–H groups in total. The largest absolute Gasteiger partial charge is 0.471 e. The van der Waals surface area contributed by atoms with Gasteiger partial charge in [-0.3, -0.25) is 9.59 Å². The van der Waals surface area contributed by atoms with Gasteiger partial charge >= 0.3 is 12.1 Å². The minimum atomic E-state index is -4.90. The van der Waals surface area contributed by atoms with Crippen molar-refractivity contribution in [2.75, 3.05) is 6.54 Å². The number of nitrogens with one attached hydrogen (secondary N) is 1. The summed E-state index contributed by atoms with van der Waals surface area (Å²) in [6.07, 6.45) is 3.08. The van der Waals surface area contributed by atoms with Gasteiger partial charge in [0.05, 0.1) is 6.04 Å². The van der Waals surface area contributed by atoms with Gasteiger partial charge in [0, 0.05) is 18.6 Å². The normalized spacial score (nSPS) is 24.5. The Morgan fingerprint density at radius 2 is 1.94 bits per heavy atom. The number of amides is 2. The van der Waals surface area contributed by atoms with Crippen molar-refractivity contribution < 1.29 is 22.8 Å². The van der Waals surface area contributed by atoms with Gasteiger partial charge < -0.3 is 16.0 Å². The Balaban J connectivity index is 1.69. The molecule has 2 aliphatic rings. The molecule has 2 bridgehead atoms. The molecule has 2 fully saturated rings. The molecule has 2 saturated carbocycles. The molecule has 1 aromatic rings. The van der Waals surface area contributed by atoms with Gasteiger partial charge in [-0.2, -0.15) is 13.2 Å². The van der Waals surface area contributed by atoms with Crippen LogP contribution in [0.25, 0.3) is 0 Å². The number of alkyl halides is 3.